The zero-order valence-corrected chi connectivity index (χ0v) is 13.3. The molecule has 0 radical (unpaired) electrons. The molecule has 0 bridgehead atoms. The normalized spacial score (nSPS) is 11.0. The minimum Gasteiger partial charge on any atom is -0.289 e. The van der Waals surface area contributed by atoms with Crippen molar-refractivity contribution in [1.82, 2.24) is 20.2 Å². The van der Waals surface area contributed by atoms with E-state index in [1.54, 1.807) is 41.7 Å². The van der Waals surface area contributed by atoms with Gasteiger partial charge in [0.25, 0.3) is 11.8 Å². The molecule has 0 aliphatic rings. The fourth-order valence-electron chi connectivity index (χ4n) is 2.20. The van der Waals surface area contributed by atoms with Gasteiger partial charge in [0.1, 0.15) is 4.83 Å². The standard InChI is InChI=1S/C15H10N4O2S2/c20-12(9-4-2-1-3-5-9)17-18-13(21)11-8-10-14(23-11)16-15-19(10)6-7-22-15/h1-8H,(H,17,20)(H,18,21). The number of nitrogens with one attached hydrogen (secondary N) is 2. The van der Waals surface area contributed by atoms with E-state index in [4.69, 9.17) is 0 Å². The summed E-state index contributed by atoms with van der Waals surface area (Å²) < 4.78 is 1.94. The van der Waals surface area contributed by atoms with Gasteiger partial charge in [0.15, 0.2) is 4.96 Å². The molecule has 3 heterocycles. The average Bonchev–Trinajstić information content (AvgIpc) is 3.24. The van der Waals surface area contributed by atoms with Gasteiger partial charge in [0.05, 0.1) is 10.4 Å². The van der Waals surface area contributed by atoms with Gasteiger partial charge in [-0.1, -0.05) is 18.2 Å². The Kier molecular flexibility index (Phi) is 3.32. The number of thiazole rings is 1. The Bertz CT molecular complexity index is 1020. The van der Waals surface area contributed by atoms with E-state index in [1.165, 1.54) is 11.3 Å². The highest BCUT2D eigenvalue weighted by atomic mass is 32.1. The van der Waals surface area contributed by atoms with Crippen LogP contribution in [0.1, 0.15) is 20.0 Å². The molecule has 23 heavy (non-hydrogen) atoms. The molecule has 3 aromatic heterocycles. The number of nitrogens with zero attached hydrogens (tertiary/aromatic N) is 2. The zero-order chi connectivity index (χ0) is 15.8. The molecular formula is C15H10N4O2S2. The Morgan fingerprint density at radius 3 is 2.70 bits per heavy atom. The van der Waals surface area contributed by atoms with Crippen LogP contribution < -0.4 is 10.9 Å². The number of hydrogen-bond acceptors (Lipinski definition) is 5. The van der Waals surface area contributed by atoms with E-state index in [0.29, 0.717) is 10.4 Å². The summed E-state index contributed by atoms with van der Waals surface area (Å²) in [5, 5.41) is 1.94. The van der Waals surface area contributed by atoms with Gasteiger partial charge in [-0.25, -0.2) is 4.98 Å². The third kappa shape index (κ3) is 2.47. The second-order valence-electron chi connectivity index (χ2n) is 4.74. The van der Waals surface area contributed by atoms with Crippen molar-refractivity contribution in [3.63, 3.8) is 0 Å². The van der Waals surface area contributed by atoms with Gasteiger partial charge >= 0.3 is 0 Å². The summed E-state index contributed by atoms with van der Waals surface area (Å²) >= 11 is 2.84. The van der Waals surface area contributed by atoms with Gasteiger partial charge in [-0.05, 0) is 18.2 Å². The summed E-state index contributed by atoms with van der Waals surface area (Å²) in [4.78, 5) is 30.7. The fourth-order valence-corrected chi connectivity index (χ4v) is 3.89. The fraction of sp³-hybridized carbons (Fsp3) is 0. The van der Waals surface area contributed by atoms with Crippen LogP contribution in [-0.4, -0.2) is 21.2 Å². The number of rotatable bonds is 2. The van der Waals surface area contributed by atoms with Crippen LogP contribution >= 0.6 is 22.7 Å². The monoisotopic (exact) mass is 342 g/mol. The predicted octanol–water partition coefficient (Wildman–Crippen LogP) is 2.69. The van der Waals surface area contributed by atoms with Crippen LogP contribution in [0.4, 0.5) is 0 Å². The topological polar surface area (TPSA) is 75.5 Å². The lowest BCUT2D eigenvalue weighted by Crippen LogP contribution is -2.41. The Hall–Kier alpha value is -2.71. The molecule has 2 amide bonds. The smallest absolute Gasteiger partial charge is 0.279 e. The van der Waals surface area contributed by atoms with Gasteiger partial charge in [-0.15, -0.1) is 22.7 Å². The van der Waals surface area contributed by atoms with Crippen molar-refractivity contribution >= 4 is 49.8 Å². The number of fused-ring (bicyclic) bond motifs is 3. The summed E-state index contributed by atoms with van der Waals surface area (Å²) in [6.07, 6.45) is 1.92. The first kappa shape index (κ1) is 13.9. The quantitative estimate of drug-likeness (QED) is 0.550. The van der Waals surface area contributed by atoms with E-state index >= 15 is 0 Å². The van der Waals surface area contributed by atoms with Gasteiger partial charge in [-0.3, -0.25) is 24.8 Å². The number of thiophene rings is 1. The molecule has 1 aromatic carbocycles. The molecule has 8 heteroatoms. The summed E-state index contributed by atoms with van der Waals surface area (Å²) in [6.45, 7) is 0. The van der Waals surface area contributed by atoms with E-state index < -0.39 is 0 Å². The molecule has 0 atom stereocenters. The van der Waals surface area contributed by atoms with E-state index in [1.807, 2.05) is 22.0 Å². The summed E-state index contributed by atoms with van der Waals surface area (Å²) in [6, 6.07) is 10.5. The second-order valence-corrected chi connectivity index (χ2v) is 6.65. The minimum absolute atomic E-state index is 0.359. The number of hydrogen-bond donors (Lipinski definition) is 2. The lowest BCUT2D eigenvalue weighted by Gasteiger charge is -2.05. The largest absolute Gasteiger partial charge is 0.289 e. The molecule has 0 saturated carbocycles. The SMILES string of the molecule is O=C(NNC(=O)c1cc2c(nc3sccn32)s1)c1ccccc1. The number of amides is 2. The van der Waals surface area contributed by atoms with Crippen LogP contribution in [0.15, 0.2) is 48.0 Å². The first-order chi connectivity index (χ1) is 11.2. The maximum Gasteiger partial charge on any atom is 0.279 e. The van der Waals surface area contributed by atoms with Gasteiger partial charge < -0.3 is 0 Å². The molecule has 0 fully saturated rings. The zero-order valence-electron chi connectivity index (χ0n) is 11.6. The molecule has 4 aromatic rings. The molecule has 114 valence electrons. The van der Waals surface area contributed by atoms with Crippen LogP contribution in [0.2, 0.25) is 0 Å². The van der Waals surface area contributed by atoms with Gasteiger partial charge in [0, 0.05) is 17.1 Å². The molecule has 0 saturated heterocycles. The van der Waals surface area contributed by atoms with Crippen LogP contribution in [0.25, 0.3) is 15.3 Å². The number of imidazole rings is 1. The van der Waals surface area contributed by atoms with Crippen LogP contribution in [0.5, 0.6) is 0 Å². The van der Waals surface area contributed by atoms with Crippen molar-refractivity contribution in [2.75, 3.05) is 0 Å². The van der Waals surface area contributed by atoms with Crippen LogP contribution in [-0.2, 0) is 0 Å². The molecule has 4 rings (SSSR count). The number of hydrazine groups is 1. The third-order valence-electron chi connectivity index (χ3n) is 3.29. The van der Waals surface area contributed by atoms with E-state index in [9.17, 15) is 9.59 Å². The Balaban J connectivity index is 1.50. The lowest BCUT2D eigenvalue weighted by molar-refractivity contribution is 0.0849. The lowest BCUT2D eigenvalue weighted by atomic mass is 10.2. The Morgan fingerprint density at radius 1 is 1.09 bits per heavy atom. The molecular weight excluding hydrogens is 332 g/mol. The van der Waals surface area contributed by atoms with E-state index in [2.05, 4.69) is 15.8 Å². The van der Waals surface area contributed by atoms with Crippen molar-refractivity contribution in [2.45, 2.75) is 0 Å². The highest BCUT2D eigenvalue weighted by molar-refractivity contribution is 7.21. The molecule has 6 nitrogen and oxygen atoms in total. The maximum absolute atomic E-state index is 12.2. The summed E-state index contributed by atoms with van der Waals surface area (Å²) in [5.41, 5.74) is 6.21. The predicted molar refractivity (Wildman–Crippen MR) is 89.8 cm³/mol. The molecule has 0 aliphatic carbocycles. The average molecular weight is 342 g/mol. The Labute approximate surface area is 138 Å². The van der Waals surface area contributed by atoms with E-state index in [-0.39, 0.29) is 11.8 Å². The first-order valence-corrected chi connectivity index (χ1v) is 8.43. The first-order valence-electron chi connectivity index (χ1n) is 6.73. The van der Waals surface area contributed by atoms with Gasteiger partial charge in [0.2, 0.25) is 0 Å². The van der Waals surface area contributed by atoms with Crippen LogP contribution in [0.3, 0.4) is 0 Å². The number of carbonyl (C=O) groups is 2. The minimum atomic E-state index is -0.360. The Morgan fingerprint density at radius 2 is 1.87 bits per heavy atom. The molecule has 0 spiro atoms. The number of carbonyl (C=O) groups excluding carboxylic acids is 2. The molecule has 2 N–H and O–H groups in total. The highest BCUT2D eigenvalue weighted by Gasteiger charge is 2.15. The third-order valence-corrected chi connectivity index (χ3v) is 5.06. The van der Waals surface area contributed by atoms with Crippen LogP contribution in [0, 0.1) is 0 Å². The number of aromatic nitrogens is 2. The summed E-state index contributed by atoms with van der Waals surface area (Å²) in [7, 11) is 0. The van der Waals surface area contributed by atoms with Crippen molar-refractivity contribution in [3.05, 3.63) is 58.4 Å². The van der Waals surface area contributed by atoms with Crippen molar-refractivity contribution < 1.29 is 9.59 Å². The highest BCUT2D eigenvalue weighted by Crippen LogP contribution is 2.27. The number of benzene rings is 1. The second kappa shape index (κ2) is 5.49. The van der Waals surface area contributed by atoms with Crippen molar-refractivity contribution in [3.8, 4) is 0 Å². The molecule has 0 unspecified atom stereocenters. The van der Waals surface area contributed by atoms with Gasteiger partial charge in [-0.2, -0.15) is 0 Å². The molecule has 0 aliphatic heterocycles. The summed E-state index contributed by atoms with van der Waals surface area (Å²) in [5.74, 6) is -0.719. The van der Waals surface area contributed by atoms with Crippen molar-refractivity contribution in [1.29, 1.82) is 0 Å². The maximum atomic E-state index is 12.2. The van der Waals surface area contributed by atoms with E-state index in [0.717, 1.165) is 15.3 Å². The van der Waals surface area contributed by atoms with Crippen molar-refractivity contribution in [2.24, 2.45) is 0 Å².